The third kappa shape index (κ3) is 1.38. The number of hydrogen-bond acceptors (Lipinski definition) is 2. The number of halogens is 1. The van der Waals surface area contributed by atoms with Gasteiger partial charge in [-0.2, -0.15) is 0 Å². The van der Waals surface area contributed by atoms with Crippen molar-refractivity contribution in [3.05, 3.63) is 42.7 Å². The summed E-state index contributed by atoms with van der Waals surface area (Å²) in [5.74, 6) is -0.349. The molecular weight excluding hydrogens is 169 g/mol. The van der Waals surface area contributed by atoms with Crippen molar-refractivity contribution in [2.45, 2.75) is 0 Å². The Morgan fingerprint density at radius 3 is 2.85 bits per heavy atom. The fourth-order valence-electron chi connectivity index (χ4n) is 1.13. The normalized spacial score (nSPS) is 10.2. The van der Waals surface area contributed by atoms with Crippen LogP contribution in [0.5, 0.6) is 0 Å². The van der Waals surface area contributed by atoms with Crippen molar-refractivity contribution < 1.29 is 4.39 Å². The first kappa shape index (κ1) is 7.79. The van der Waals surface area contributed by atoms with E-state index in [9.17, 15) is 4.39 Å². The number of anilines is 1. The summed E-state index contributed by atoms with van der Waals surface area (Å²) in [5.41, 5.74) is 6.28. The molecule has 0 amide bonds. The van der Waals surface area contributed by atoms with E-state index in [0.717, 1.165) is 0 Å². The quantitative estimate of drug-likeness (QED) is 0.672. The van der Waals surface area contributed by atoms with Crippen molar-refractivity contribution in [3.8, 4) is 5.69 Å². The number of aromatic nitrogens is 2. The minimum absolute atomic E-state index is 0.349. The molecule has 4 heteroatoms. The van der Waals surface area contributed by atoms with Crippen molar-refractivity contribution in [2.24, 2.45) is 0 Å². The summed E-state index contributed by atoms with van der Waals surface area (Å²) in [4.78, 5) is 3.83. The van der Waals surface area contributed by atoms with Crippen LogP contribution in [-0.4, -0.2) is 9.55 Å². The molecule has 0 aliphatic rings. The van der Waals surface area contributed by atoms with Crippen LogP contribution in [0, 0.1) is 5.82 Å². The SMILES string of the molecule is Nc1ccc(-n2ccnc2)c(F)c1. The summed E-state index contributed by atoms with van der Waals surface area (Å²) < 4.78 is 14.9. The average Bonchev–Trinajstić information content (AvgIpc) is 2.56. The van der Waals surface area contributed by atoms with Gasteiger partial charge in [-0.25, -0.2) is 9.37 Å². The van der Waals surface area contributed by atoms with Gasteiger partial charge in [0, 0.05) is 18.1 Å². The molecule has 13 heavy (non-hydrogen) atoms. The zero-order chi connectivity index (χ0) is 9.26. The maximum Gasteiger partial charge on any atom is 0.149 e. The lowest BCUT2D eigenvalue weighted by Gasteiger charge is -2.03. The molecule has 0 radical (unpaired) electrons. The van der Waals surface area contributed by atoms with Crippen LogP contribution in [0.15, 0.2) is 36.9 Å². The fourth-order valence-corrected chi connectivity index (χ4v) is 1.13. The van der Waals surface area contributed by atoms with Crippen LogP contribution >= 0.6 is 0 Å². The van der Waals surface area contributed by atoms with Crippen LogP contribution in [0.2, 0.25) is 0 Å². The van der Waals surface area contributed by atoms with Crippen LogP contribution in [0.1, 0.15) is 0 Å². The van der Waals surface area contributed by atoms with Gasteiger partial charge in [0.2, 0.25) is 0 Å². The highest BCUT2D eigenvalue weighted by atomic mass is 19.1. The highest BCUT2D eigenvalue weighted by Crippen LogP contribution is 2.15. The monoisotopic (exact) mass is 177 g/mol. The van der Waals surface area contributed by atoms with Crippen molar-refractivity contribution in [1.82, 2.24) is 9.55 Å². The predicted octanol–water partition coefficient (Wildman–Crippen LogP) is 1.59. The van der Waals surface area contributed by atoms with Crippen LogP contribution in [-0.2, 0) is 0 Å². The maximum absolute atomic E-state index is 13.3. The molecule has 1 aromatic heterocycles. The van der Waals surface area contributed by atoms with Crippen molar-refractivity contribution in [3.63, 3.8) is 0 Å². The van der Waals surface area contributed by atoms with Crippen molar-refractivity contribution in [1.29, 1.82) is 0 Å². The lowest BCUT2D eigenvalue weighted by molar-refractivity contribution is 0.619. The Morgan fingerprint density at radius 2 is 2.23 bits per heavy atom. The van der Waals surface area contributed by atoms with Crippen molar-refractivity contribution >= 4 is 5.69 Å². The number of benzene rings is 1. The summed E-state index contributed by atoms with van der Waals surface area (Å²) in [5, 5.41) is 0. The van der Waals surface area contributed by atoms with Gasteiger partial charge in [0.25, 0.3) is 0 Å². The van der Waals surface area contributed by atoms with E-state index in [0.29, 0.717) is 11.4 Å². The second kappa shape index (κ2) is 2.90. The molecule has 0 unspecified atom stereocenters. The molecule has 3 nitrogen and oxygen atoms in total. The zero-order valence-corrected chi connectivity index (χ0v) is 6.81. The van der Waals surface area contributed by atoms with E-state index >= 15 is 0 Å². The third-order valence-electron chi connectivity index (χ3n) is 1.75. The number of nitrogen functional groups attached to an aromatic ring is 1. The molecule has 66 valence electrons. The number of rotatable bonds is 1. The Bertz CT molecular complexity index is 409. The fraction of sp³-hybridized carbons (Fsp3) is 0. The van der Waals surface area contributed by atoms with Gasteiger partial charge in [0.1, 0.15) is 5.82 Å². The van der Waals surface area contributed by atoms with Crippen LogP contribution in [0.4, 0.5) is 10.1 Å². The van der Waals surface area contributed by atoms with Gasteiger partial charge in [-0.1, -0.05) is 0 Å². The van der Waals surface area contributed by atoms with Crippen LogP contribution in [0.25, 0.3) is 5.69 Å². The van der Waals surface area contributed by atoms with Gasteiger partial charge in [-0.15, -0.1) is 0 Å². The minimum atomic E-state index is -0.349. The van der Waals surface area contributed by atoms with E-state index in [2.05, 4.69) is 4.98 Å². The van der Waals surface area contributed by atoms with E-state index in [-0.39, 0.29) is 5.82 Å². The maximum atomic E-state index is 13.3. The summed E-state index contributed by atoms with van der Waals surface area (Å²) in [6.07, 6.45) is 4.80. The topological polar surface area (TPSA) is 43.8 Å². The smallest absolute Gasteiger partial charge is 0.149 e. The first-order valence-corrected chi connectivity index (χ1v) is 3.81. The largest absolute Gasteiger partial charge is 0.399 e. The first-order chi connectivity index (χ1) is 6.27. The van der Waals surface area contributed by atoms with E-state index in [4.69, 9.17) is 5.73 Å². The highest BCUT2D eigenvalue weighted by molar-refractivity contribution is 5.46. The second-order valence-electron chi connectivity index (χ2n) is 2.68. The Labute approximate surface area is 74.6 Å². The number of nitrogens with two attached hydrogens (primary N) is 1. The molecule has 2 N–H and O–H groups in total. The second-order valence-corrected chi connectivity index (χ2v) is 2.68. The number of nitrogens with zero attached hydrogens (tertiary/aromatic N) is 2. The molecule has 1 heterocycles. The van der Waals surface area contributed by atoms with E-state index in [1.54, 1.807) is 29.1 Å². The molecule has 0 aliphatic heterocycles. The Balaban J connectivity index is 2.53. The molecule has 1 aromatic carbocycles. The molecule has 0 bridgehead atoms. The Morgan fingerprint density at radius 1 is 1.38 bits per heavy atom. The van der Waals surface area contributed by atoms with Gasteiger partial charge < -0.3 is 10.3 Å². The molecule has 0 spiro atoms. The van der Waals surface area contributed by atoms with E-state index in [1.807, 2.05) is 0 Å². The summed E-state index contributed by atoms with van der Waals surface area (Å²) >= 11 is 0. The number of imidazole rings is 1. The average molecular weight is 177 g/mol. The molecule has 0 fully saturated rings. The van der Waals surface area contributed by atoms with Crippen molar-refractivity contribution in [2.75, 3.05) is 5.73 Å². The molecule has 0 atom stereocenters. The van der Waals surface area contributed by atoms with Gasteiger partial charge in [-0.3, -0.25) is 0 Å². The lowest BCUT2D eigenvalue weighted by Crippen LogP contribution is -1.96. The summed E-state index contributed by atoms with van der Waals surface area (Å²) in [6, 6.07) is 4.56. The standard InChI is InChI=1S/C9H8FN3/c10-8-5-7(11)1-2-9(8)13-4-3-12-6-13/h1-6H,11H2. The summed E-state index contributed by atoms with van der Waals surface area (Å²) in [6.45, 7) is 0. The number of hydrogen-bond donors (Lipinski definition) is 1. The predicted molar refractivity (Wildman–Crippen MR) is 47.9 cm³/mol. The Kier molecular flexibility index (Phi) is 1.73. The summed E-state index contributed by atoms with van der Waals surface area (Å²) in [7, 11) is 0. The first-order valence-electron chi connectivity index (χ1n) is 3.81. The minimum Gasteiger partial charge on any atom is -0.399 e. The van der Waals surface area contributed by atoms with Gasteiger partial charge in [0.15, 0.2) is 0 Å². The highest BCUT2D eigenvalue weighted by Gasteiger charge is 2.02. The molecule has 2 rings (SSSR count). The Hall–Kier alpha value is -1.84. The van der Waals surface area contributed by atoms with Gasteiger partial charge in [-0.05, 0) is 18.2 Å². The van der Waals surface area contributed by atoms with Crippen LogP contribution in [0.3, 0.4) is 0 Å². The van der Waals surface area contributed by atoms with Crippen LogP contribution < -0.4 is 5.73 Å². The molecular formula is C9H8FN3. The van der Waals surface area contributed by atoms with E-state index < -0.39 is 0 Å². The van der Waals surface area contributed by atoms with Gasteiger partial charge in [0.05, 0.1) is 12.0 Å². The molecule has 0 saturated carbocycles. The molecule has 0 saturated heterocycles. The third-order valence-corrected chi connectivity index (χ3v) is 1.75. The molecule has 2 aromatic rings. The van der Waals surface area contributed by atoms with Gasteiger partial charge >= 0.3 is 0 Å². The zero-order valence-electron chi connectivity index (χ0n) is 6.81. The molecule has 0 aliphatic carbocycles. The van der Waals surface area contributed by atoms with E-state index in [1.165, 1.54) is 12.4 Å². The lowest BCUT2D eigenvalue weighted by atomic mass is 10.2.